The maximum absolute atomic E-state index is 13.5. The molecule has 3 nitrogen and oxygen atoms in total. The molecule has 16 heavy (non-hydrogen) atoms. The number of benzene rings is 1. The van der Waals surface area contributed by atoms with Gasteiger partial charge in [0.25, 0.3) is 0 Å². The molecule has 0 spiro atoms. The number of rotatable bonds is 5. The van der Waals surface area contributed by atoms with Crippen LogP contribution in [0, 0.1) is 5.82 Å². The summed E-state index contributed by atoms with van der Waals surface area (Å²) in [5.74, 6) is -0.458. The molecule has 0 saturated heterocycles. The molecule has 1 aromatic rings. The van der Waals surface area contributed by atoms with Gasteiger partial charge in [-0.15, -0.1) is 0 Å². The highest BCUT2D eigenvalue weighted by Crippen LogP contribution is 2.16. The summed E-state index contributed by atoms with van der Waals surface area (Å²) >= 11 is 0. The van der Waals surface area contributed by atoms with Gasteiger partial charge in [0, 0.05) is 6.26 Å². The predicted octanol–water partition coefficient (Wildman–Crippen LogP) is 1.51. The van der Waals surface area contributed by atoms with Crippen molar-refractivity contribution in [3.63, 3.8) is 0 Å². The van der Waals surface area contributed by atoms with Gasteiger partial charge in [-0.3, -0.25) is 0 Å². The number of sulfone groups is 1. The fraction of sp³-hybridized carbons (Fsp3) is 0.455. The normalized spacial score (nSPS) is 11.7. The molecule has 0 aliphatic carbocycles. The van der Waals surface area contributed by atoms with E-state index in [-0.39, 0.29) is 4.90 Å². The molecule has 0 heterocycles. The van der Waals surface area contributed by atoms with Crippen LogP contribution >= 0.6 is 0 Å². The highest BCUT2D eigenvalue weighted by molar-refractivity contribution is 7.90. The van der Waals surface area contributed by atoms with Crippen molar-refractivity contribution >= 4 is 9.84 Å². The molecule has 0 aromatic heterocycles. The molecule has 2 N–H and O–H groups in total. The summed E-state index contributed by atoms with van der Waals surface area (Å²) in [6.07, 6.45) is 3.31. The fourth-order valence-electron chi connectivity index (χ4n) is 1.42. The van der Waals surface area contributed by atoms with Crippen LogP contribution in [0.1, 0.15) is 18.4 Å². The molecular weight excluding hydrogens is 229 g/mol. The largest absolute Gasteiger partial charge is 0.330 e. The summed E-state index contributed by atoms with van der Waals surface area (Å²) in [7, 11) is -3.33. The van der Waals surface area contributed by atoms with Gasteiger partial charge in [-0.1, -0.05) is 6.07 Å². The second-order valence-electron chi connectivity index (χ2n) is 3.77. The van der Waals surface area contributed by atoms with Crippen LogP contribution in [0.3, 0.4) is 0 Å². The highest BCUT2D eigenvalue weighted by atomic mass is 32.2. The molecule has 5 heteroatoms. The molecule has 0 atom stereocenters. The molecule has 0 fully saturated rings. The van der Waals surface area contributed by atoms with E-state index in [4.69, 9.17) is 5.73 Å². The third-order valence-corrected chi connectivity index (χ3v) is 3.46. The maximum atomic E-state index is 13.5. The lowest BCUT2D eigenvalue weighted by Gasteiger charge is -2.04. The van der Waals surface area contributed by atoms with Gasteiger partial charge in [0.2, 0.25) is 0 Å². The van der Waals surface area contributed by atoms with E-state index in [1.54, 1.807) is 0 Å². The molecule has 0 unspecified atom stereocenters. The van der Waals surface area contributed by atoms with E-state index < -0.39 is 15.7 Å². The number of hydrogen-bond acceptors (Lipinski definition) is 3. The number of unbranched alkanes of at least 4 members (excludes halogenated alkanes) is 1. The van der Waals surface area contributed by atoms with Crippen molar-refractivity contribution in [3.05, 3.63) is 29.6 Å². The Balaban J connectivity index is 2.84. The topological polar surface area (TPSA) is 60.2 Å². The Morgan fingerprint density at radius 1 is 1.31 bits per heavy atom. The first-order valence-electron chi connectivity index (χ1n) is 5.13. The van der Waals surface area contributed by atoms with E-state index in [1.165, 1.54) is 12.1 Å². The molecule has 1 rings (SSSR count). The average molecular weight is 245 g/mol. The van der Waals surface area contributed by atoms with Gasteiger partial charge in [0.15, 0.2) is 9.84 Å². The van der Waals surface area contributed by atoms with Crippen molar-refractivity contribution < 1.29 is 12.8 Å². The molecule has 0 amide bonds. The molecule has 0 bridgehead atoms. The molecule has 0 aliphatic rings. The van der Waals surface area contributed by atoms with Crippen molar-refractivity contribution in [1.82, 2.24) is 0 Å². The first kappa shape index (κ1) is 13.1. The van der Waals surface area contributed by atoms with Crippen molar-refractivity contribution in [2.45, 2.75) is 24.2 Å². The van der Waals surface area contributed by atoms with Crippen LogP contribution in [0.5, 0.6) is 0 Å². The van der Waals surface area contributed by atoms with Gasteiger partial charge >= 0.3 is 0 Å². The van der Waals surface area contributed by atoms with E-state index >= 15 is 0 Å². The second kappa shape index (κ2) is 5.41. The zero-order valence-electron chi connectivity index (χ0n) is 9.24. The zero-order chi connectivity index (χ0) is 12.2. The van der Waals surface area contributed by atoms with Crippen molar-refractivity contribution in [3.8, 4) is 0 Å². The van der Waals surface area contributed by atoms with Gasteiger partial charge in [-0.2, -0.15) is 0 Å². The van der Waals surface area contributed by atoms with Crippen molar-refractivity contribution in [2.24, 2.45) is 5.73 Å². The van der Waals surface area contributed by atoms with Crippen LogP contribution in [0.2, 0.25) is 0 Å². The third kappa shape index (κ3) is 3.57. The van der Waals surface area contributed by atoms with Gasteiger partial charge < -0.3 is 5.73 Å². The zero-order valence-corrected chi connectivity index (χ0v) is 10.1. The second-order valence-corrected chi connectivity index (χ2v) is 5.79. The summed E-state index contributed by atoms with van der Waals surface area (Å²) in [6.45, 7) is 0.586. The minimum atomic E-state index is -3.33. The summed E-state index contributed by atoms with van der Waals surface area (Å²) in [4.78, 5) is 0.0209. The molecule has 0 aliphatic heterocycles. The van der Waals surface area contributed by atoms with Crippen LogP contribution in [0.25, 0.3) is 0 Å². The lowest BCUT2D eigenvalue weighted by atomic mass is 10.1. The van der Waals surface area contributed by atoms with Gasteiger partial charge in [0.05, 0.1) is 4.90 Å². The van der Waals surface area contributed by atoms with Crippen LogP contribution in [-0.4, -0.2) is 21.2 Å². The van der Waals surface area contributed by atoms with Crippen LogP contribution in [-0.2, 0) is 16.3 Å². The number of hydrogen-bond donors (Lipinski definition) is 1. The highest BCUT2D eigenvalue weighted by Gasteiger charge is 2.10. The van der Waals surface area contributed by atoms with Crippen molar-refractivity contribution in [1.29, 1.82) is 0 Å². The standard InChI is InChI=1S/C11H16FNO2S/c1-16(14,15)10-6-5-9(11(12)8-10)4-2-3-7-13/h5-6,8H,2-4,7,13H2,1H3. The molecule has 1 aromatic carbocycles. The average Bonchev–Trinajstić information content (AvgIpc) is 2.19. The first-order valence-corrected chi connectivity index (χ1v) is 7.03. The predicted molar refractivity (Wildman–Crippen MR) is 61.5 cm³/mol. The van der Waals surface area contributed by atoms with Gasteiger partial charge in [0.1, 0.15) is 5.82 Å². The maximum Gasteiger partial charge on any atom is 0.175 e. The Kier molecular flexibility index (Phi) is 4.44. The Morgan fingerprint density at radius 3 is 2.50 bits per heavy atom. The Labute approximate surface area is 95.4 Å². The molecule has 90 valence electrons. The lowest BCUT2D eigenvalue weighted by molar-refractivity contribution is 0.586. The van der Waals surface area contributed by atoms with Crippen LogP contribution < -0.4 is 5.73 Å². The van der Waals surface area contributed by atoms with Gasteiger partial charge in [-0.05, 0) is 43.5 Å². The van der Waals surface area contributed by atoms with Crippen LogP contribution in [0.4, 0.5) is 4.39 Å². The Morgan fingerprint density at radius 2 is 2.00 bits per heavy atom. The summed E-state index contributed by atoms with van der Waals surface area (Å²) in [5.41, 5.74) is 5.88. The number of nitrogens with two attached hydrogens (primary N) is 1. The molecule has 0 radical (unpaired) electrons. The minimum Gasteiger partial charge on any atom is -0.330 e. The summed E-state index contributed by atoms with van der Waals surface area (Å²) in [5, 5.41) is 0. The van der Waals surface area contributed by atoms with Crippen LogP contribution in [0.15, 0.2) is 23.1 Å². The lowest BCUT2D eigenvalue weighted by Crippen LogP contribution is -2.02. The van der Waals surface area contributed by atoms with Crippen molar-refractivity contribution in [2.75, 3.05) is 12.8 Å². The van der Waals surface area contributed by atoms with E-state index in [9.17, 15) is 12.8 Å². The SMILES string of the molecule is CS(=O)(=O)c1ccc(CCCCN)c(F)c1. The van der Waals surface area contributed by atoms with E-state index in [0.717, 1.165) is 25.2 Å². The Bertz CT molecular complexity index is 457. The first-order chi connectivity index (χ1) is 7.45. The van der Waals surface area contributed by atoms with E-state index in [2.05, 4.69) is 0 Å². The number of halogens is 1. The molecule has 0 saturated carbocycles. The van der Waals surface area contributed by atoms with E-state index in [0.29, 0.717) is 18.5 Å². The monoisotopic (exact) mass is 245 g/mol. The minimum absolute atomic E-state index is 0.0209. The Hall–Kier alpha value is -0.940. The smallest absolute Gasteiger partial charge is 0.175 e. The van der Waals surface area contributed by atoms with E-state index in [1.807, 2.05) is 0 Å². The summed E-state index contributed by atoms with van der Waals surface area (Å²) in [6, 6.07) is 4.05. The summed E-state index contributed by atoms with van der Waals surface area (Å²) < 4.78 is 35.9. The number of aryl methyl sites for hydroxylation is 1. The van der Waals surface area contributed by atoms with Gasteiger partial charge in [-0.25, -0.2) is 12.8 Å². The third-order valence-electron chi connectivity index (χ3n) is 2.35. The molecular formula is C11H16FNO2S. The fourth-order valence-corrected chi connectivity index (χ4v) is 2.05. The quantitative estimate of drug-likeness (QED) is 0.800.